The van der Waals surface area contributed by atoms with Gasteiger partial charge in [-0.25, -0.2) is 0 Å². The van der Waals surface area contributed by atoms with Crippen molar-refractivity contribution in [2.24, 2.45) is 11.1 Å². The first-order valence-electron chi connectivity index (χ1n) is 7.90. The van der Waals surface area contributed by atoms with Crippen LogP contribution in [0.25, 0.3) is 0 Å². The zero-order valence-corrected chi connectivity index (χ0v) is 12.9. The van der Waals surface area contributed by atoms with Gasteiger partial charge in [0.25, 0.3) is 0 Å². The molecular formula is C17H26N2O2. The van der Waals surface area contributed by atoms with E-state index in [1.54, 1.807) is 0 Å². The van der Waals surface area contributed by atoms with E-state index in [2.05, 4.69) is 5.32 Å². The molecule has 0 bridgehead atoms. The van der Waals surface area contributed by atoms with Crippen LogP contribution in [0.4, 0.5) is 5.69 Å². The van der Waals surface area contributed by atoms with Crippen LogP contribution in [-0.4, -0.2) is 19.1 Å². The Kier molecular flexibility index (Phi) is 5.62. The Bertz CT molecular complexity index is 450. The van der Waals surface area contributed by atoms with Crippen molar-refractivity contribution in [3.8, 4) is 5.75 Å². The van der Waals surface area contributed by atoms with Crippen molar-refractivity contribution in [2.45, 2.75) is 45.4 Å². The Morgan fingerprint density at radius 1 is 1.24 bits per heavy atom. The Morgan fingerprint density at radius 3 is 2.48 bits per heavy atom. The van der Waals surface area contributed by atoms with Gasteiger partial charge in [-0.15, -0.1) is 0 Å². The molecule has 1 aromatic rings. The van der Waals surface area contributed by atoms with E-state index >= 15 is 0 Å². The van der Waals surface area contributed by atoms with Crippen LogP contribution in [0, 0.1) is 5.41 Å². The average molecular weight is 290 g/mol. The fraction of sp³-hybridized carbons (Fsp3) is 0.588. The average Bonchev–Trinajstić information content (AvgIpc) is 2.50. The number of anilines is 1. The highest BCUT2D eigenvalue weighted by Crippen LogP contribution is 2.38. The van der Waals surface area contributed by atoms with E-state index < -0.39 is 0 Å². The van der Waals surface area contributed by atoms with E-state index in [9.17, 15) is 4.79 Å². The van der Waals surface area contributed by atoms with Crippen LogP contribution in [0.3, 0.4) is 0 Å². The summed E-state index contributed by atoms with van der Waals surface area (Å²) in [6.07, 6.45) is 6.31. The first-order chi connectivity index (χ1) is 10.2. The van der Waals surface area contributed by atoms with Crippen molar-refractivity contribution < 1.29 is 9.53 Å². The molecule has 1 aromatic carbocycles. The summed E-state index contributed by atoms with van der Waals surface area (Å²) in [5.41, 5.74) is 6.76. The Labute approximate surface area is 127 Å². The van der Waals surface area contributed by atoms with Crippen LogP contribution in [-0.2, 0) is 4.79 Å². The van der Waals surface area contributed by atoms with Crippen LogP contribution in [0.15, 0.2) is 24.3 Å². The van der Waals surface area contributed by atoms with Gasteiger partial charge in [-0.05, 0) is 56.0 Å². The van der Waals surface area contributed by atoms with Crippen molar-refractivity contribution in [2.75, 3.05) is 18.5 Å². The number of benzene rings is 1. The normalized spacial score (nSPS) is 17.2. The molecule has 4 nitrogen and oxygen atoms in total. The smallest absolute Gasteiger partial charge is 0.224 e. The number of amides is 1. The summed E-state index contributed by atoms with van der Waals surface area (Å²) in [6, 6.07) is 7.49. The maximum atomic E-state index is 12.3. The number of nitrogens with two attached hydrogens (primary N) is 1. The maximum absolute atomic E-state index is 12.3. The van der Waals surface area contributed by atoms with Gasteiger partial charge >= 0.3 is 0 Å². The highest BCUT2D eigenvalue weighted by Gasteiger charge is 2.32. The van der Waals surface area contributed by atoms with Crippen LogP contribution >= 0.6 is 0 Å². The molecule has 1 amide bonds. The van der Waals surface area contributed by atoms with Crippen molar-refractivity contribution in [1.29, 1.82) is 0 Å². The molecule has 4 heteroatoms. The predicted molar refractivity (Wildman–Crippen MR) is 85.4 cm³/mol. The van der Waals surface area contributed by atoms with E-state index in [0.717, 1.165) is 24.3 Å². The lowest BCUT2D eigenvalue weighted by Gasteiger charge is -2.35. The van der Waals surface area contributed by atoms with Crippen molar-refractivity contribution in [1.82, 2.24) is 0 Å². The second-order valence-electron chi connectivity index (χ2n) is 5.95. The van der Waals surface area contributed by atoms with E-state index in [1.807, 2.05) is 31.2 Å². The summed E-state index contributed by atoms with van der Waals surface area (Å²) >= 11 is 0. The molecule has 3 N–H and O–H groups in total. The van der Waals surface area contributed by atoms with E-state index in [1.165, 1.54) is 19.3 Å². The standard InChI is InChI=1S/C17H26N2O2/c1-2-21-15-8-6-14(7-9-15)19-16(20)12-17(13-18)10-4-3-5-11-17/h6-9H,2-5,10-13,18H2,1H3,(H,19,20). The van der Waals surface area contributed by atoms with Gasteiger partial charge < -0.3 is 15.8 Å². The number of hydrogen-bond acceptors (Lipinski definition) is 3. The minimum atomic E-state index is 0.00754. The number of carbonyl (C=O) groups is 1. The lowest BCUT2D eigenvalue weighted by Crippen LogP contribution is -2.36. The highest BCUT2D eigenvalue weighted by atomic mass is 16.5. The van der Waals surface area contributed by atoms with Gasteiger partial charge in [0.05, 0.1) is 6.61 Å². The van der Waals surface area contributed by atoms with E-state index in [-0.39, 0.29) is 11.3 Å². The zero-order chi connectivity index (χ0) is 15.1. The van der Waals surface area contributed by atoms with Gasteiger partial charge in [-0.3, -0.25) is 4.79 Å². The van der Waals surface area contributed by atoms with Gasteiger partial charge in [0.1, 0.15) is 5.75 Å². The van der Waals surface area contributed by atoms with E-state index in [0.29, 0.717) is 19.6 Å². The third-order valence-electron chi connectivity index (χ3n) is 4.33. The minimum absolute atomic E-state index is 0.00754. The van der Waals surface area contributed by atoms with Crippen molar-refractivity contribution in [3.05, 3.63) is 24.3 Å². The SMILES string of the molecule is CCOc1ccc(NC(=O)CC2(CN)CCCCC2)cc1. The second kappa shape index (κ2) is 7.46. The van der Waals surface area contributed by atoms with Gasteiger partial charge in [0.15, 0.2) is 0 Å². The molecule has 21 heavy (non-hydrogen) atoms. The number of nitrogens with one attached hydrogen (secondary N) is 1. The van der Waals surface area contributed by atoms with Crippen LogP contribution in [0.1, 0.15) is 45.4 Å². The Hall–Kier alpha value is -1.55. The fourth-order valence-corrected chi connectivity index (χ4v) is 3.10. The predicted octanol–water partition coefficient (Wildman–Crippen LogP) is 3.32. The lowest BCUT2D eigenvalue weighted by molar-refractivity contribution is -0.118. The van der Waals surface area contributed by atoms with Crippen LogP contribution in [0.2, 0.25) is 0 Å². The topological polar surface area (TPSA) is 64.3 Å². The Morgan fingerprint density at radius 2 is 1.90 bits per heavy atom. The molecule has 0 unspecified atom stereocenters. The molecule has 1 saturated carbocycles. The number of rotatable bonds is 6. The molecule has 0 aromatic heterocycles. The molecule has 1 aliphatic carbocycles. The quantitative estimate of drug-likeness (QED) is 0.844. The minimum Gasteiger partial charge on any atom is -0.494 e. The lowest BCUT2D eigenvalue weighted by atomic mass is 9.71. The first kappa shape index (κ1) is 15.8. The summed E-state index contributed by atoms with van der Waals surface area (Å²) in [7, 11) is 0. The second-order valence-corrected chi connectivity index (χ2v) is 5.95. The summed E-state index contributed by atoms with van der Waals surface area (Å²) in [5.74, 6) is 0.882. The highest BCUT2D eigenvalue weighted by molar-refractivity contribution is 5.91. The number of carbonyl (C=O) groups excluding carboxylic acids is 1. The van der Waals surface area contributed by atoms with E-state index in [4.69, 9.17) is 10.5 Å². The fourth-order valence-electron chi connectivity index (χ4n) is 3.10. The largest absolute Gasteiger partial charge is 0.494 e. The van der Waals surface area contributed by atoms with Crippen LogP contribution in [0.5, 0.6) is 5.75 Å². The summed E-state index contributed by atoms with van der Waals surface area (Å²) < 4.78 is 5.39. The molecule has 0 radical (unpaired) electrons. The summed E-state index contributed by atoms with van der Waals surface area (Å²) in [5, 5.41) is 2.97. The zero-order valence-electron chi connectivity index (χ0n) is 12.9. The van der Waals surface area contributed by atoms with Gasteiger partial charge in [-0.2, -0.15) is 0 Å². The molecule has 0 heterocycles. The molecule has 1 fully saturated rings. The van der Waals surface area contributed by atoms with Crippen molar-refractivity contribution >= 4 is 11.6 Å². The summed E-state index contributed by atoms with van der Waals surface area (Å²) in [6.45, 7) is 3.19. The maximum Gasteiger partial charge on any atom is 0.224 e. The number of hydrogen-bond donors (Lipinski definition) is 2. The molecular weight excluding hydrogens is 264 g/mol. The molecule has 2 rings (SSSR count). The third-order valence-corrected chi connectivity index (χ3v) is 4.33. The molecule has 0 spiro atoms. The molecule has 1 aliphatic rings. The van der Waals surface area contributed by atoms with Gasteiger partial charge in [0.2, 0.25) is 5.91 Å². The molecule has 0 atom stereocenters. The molecule has 0 aliphatic heterocycles. The summed E-state index contributed by atoms with van der Waals surface area (Å²) in [4.78, 5) is 12.3. The third kappa shape index (κ3) is 4.46. The Balaban J connectivity index is 1.91. The number of ether oxygens (including phenoxy) is 1. The van der Waals surface area contributed by atoms with Crippen LogP contribution < -0.4 is 15.8 Å². The van der Waals surface area contributed by atoms with Gasteiger partial charge in [0, 0.05) is 12.1 Å². The first-order valence-corrected chi connectivity index (χ1v) is 7.90. The monoisotopic (exact) mass is 290 g/mol. The van der Waals surface area contributed by atoms with Crippen molar-refractivity contribution in [3.63, 3.8) is 0 Å². The molecule has 116 valence electrons. The van der Waals surface area contributed by atoms with Gasteiger partial charge in [-0.1, -0.05) is 19.3 Å². The molecule has 0 saturated heterocycles.